The monoisotopic (exact) mass is 634 g/mol. The summed E-state index contributed by atoms with van der Waals surface area (Å²) in [4.78, 5) is 26.8. The summed E-state index contributed by atoms with van der Waals surface area (Å²) >= 11 is 13.8. The maximum atomic E-state index is 13.6. The van der Waals surface area contributed by atoms with Gasteiger partial charge >= 0.3 is 12.6 Å². The average molecular weight is 635 g/mol. The van der Waals surface area contributed by atoms with Crippen molar-refractivity contribution in [3.63, 3.8) is 0 Å². The van der Waals surface area contributed by atoms with Gasteiger partial charge in [-0.05, 0) is 47.9 Å². The van der Waals surface area contributed by atoms with Crippen LogP contribution in [0.25, 0.3) is 0 Å². The van der Waals surface area contributed by atoms with Gasteiger partial charge in [-0.25, -0.2) is 4.79 Å². The molecule has 0 spiro atoms. The first-order valence-electron chi connectivity index (χ1n) is 12.9. The number of hydrogen-bond acceptors (Lipinski definition) is 7. The molecule has 218 valence electrons. The molecule has 4 aromatic rings. The van der Waals surface area contributed by atoms with Crippen LogP contribution < -0.4 is 14.2 Å². The Morgan fingerprint density at radius 1 is 1.02 bits per heavy atom. The van der Waals surface area contributed by atoms with Gasteiger partial charge in [-0.15, -0.1) is 11.3 Å². The van der Waals surface area contributed by atoms with E-state index in [0.717, 1.165) is 24.2 Å². The molecule has 5 rings (SSSR count). The van der Waals surface area contributed by atoms with Crippen LogP contribution in [-0.4, -0.2) is 30.2 Å². The van der Waals surface area contributed by atoms with Crippen LogP contribution in [0.1, 0.15) is 55.7 Å². The molecule has 1 fully saturated rings. The van der Waals surface area contributed by atoms with E-state index in [1.54, 1.807) is 41.8 Å². The first-order valence-corrected chi connectivity index (χ1v) is 14.5. The van der Waals surface area contributed by atoms with Gasteiger partial charge in [0.15, 0.2) is 17.3 Å². The standard InChI is InChI=1S/C30H24Cl2F2NO6S/c31-22-14-35(38)15-23(32)21(22)13-25(19-8-9-24(41-30(33)34)26(12-19)39-16-17-6-7-17)40-29(37)28-20(10-11-42-28)27(36)18-4-2-1-3-5-18/h1-5,8-12,14-15,17,25,30,38H,6-7,13,16H2/q+1. The number of ketones is 1. The van der Waals surface area contributed by atoms with Gasteiger partial charge in [0.25, 0.3) is 0 Å². The summed E-state index contributed by atoms with van der Waals surface area (Å²) in [5, 5.41) is 11.6. The zero-order chi connectivity index (χ0) is 29.8. The Bertz CT molecular complexity index is 1570. The first kappa shape index (κ1) is 29.8. The summed E-state index contributed by atoms with van der Waals surface area (Å²) in [6.07, 6.45) is 3.31. The summed E-state index contributed by atoms with van der Waals surface area (Å²) < 4.78 is 43.3. The first-order chi connectivity index (χ1) is 20.2. The molecule has 1 unspecified atom stereocenters. The number of carbonyl (C=O) groups is 2. The zero-order valence-corrected chi connectivity index (χ0v) is 24.2. The third kappa shape index (κ3) is 7.18. The molecule has 1 saturated carbocycles. The van der Waals surface area contributed by atoms with E-state index < -0.39 is 18.7 Å². The maximum Gasteiger partial charge on any atom is 0.387 e. The van der Waals surface area contributed by atoms with Gasteiger partial charge in [0.05, 0.1) is 6.61 Å². The fraction of sp³-hybridized carbons (Fsp3) is 0.233. The minimum atomic E-state index is -3.07. The second kappa shape index (κ2) is 13.1. The lowest BCUT2D eigenvalue weighted by Crippen LogP contribution is -2.29. The van der Waals surface area contributed by atoms with Crippen molar-refractivity contribution in [2.45, 2.75) is 32.0 Å². The number of esters is 1. The molecular weight excluding hydrogens is 611 g/mol. The van der Waals surface area contributed by atoms with Crippen LogP contribution in [0, 0.1) is 5.92 Å². The second-order valence-corrected chi connectivity index (χ2v) is 11.3. The number of rotatable bonds is 12. The van der Waals surface area contributed by atoms with Crippen LogP contribution in [0.15, 0.2) is 72.4 Å². The summed E-state index contributed by atoms with van der Waals surface area (Å²) in [6.45, 7) is -2.75. The molecule has 0 radical (unpaired) electrons. The zero-order valence-electron chi connectivity index (χ0n) is 21.8. The fourth-order valence-electron chi connectivity index (χ4n) is 4.24. The van der Waals surface area contributed by atoms with E-state index in [0.29, 0.717) is 33.9 Å². The summed E-state index contributed by atoms with van der Waals surface area (Å²) in [6, 6.07) is 14.3. The van der Waals surface area contributed by atoms with Crippen LogP contribution in [0.2, 0.25) is 10.0 Å². The largest absolute Gasteiger partial charge is 0.489 e. The van der Waals surface area contributed by atoms with E-state index in [-0.39, 0.29) is 44.2 Å². The van der Waals surface area contributed by atoms with E-state index in [9.17, 15) is 23.6 Å². The van der Waals surface area contributed by atoms with E-state index >= 15 is 0 Å². The number of benzene rings is 2. The Balaban J connectivity index is 1.49. The number of carbonyl (C=O) groups excluding carboxylic acids is 2. The molecule has 7 nitrogen and oxygen atoms in total. The van der Waals surface area contributed by atoms with E-state index in [2.05, 4.69) is 4.74 Å². The Hall–Kier alpha value is -3.73. The van der Waals surface area contributed by atoms with Gasteiger partial charge in [-0.3, -0.25) is 10.0 Å². The third-order valence-corrected chi connectivity index (χ3v) is 8.11. The normalized spacial score (nSPS) is 13.5. The molecule has 1 aliphatic rings. The van der Waals surface area contributed by atoms with Gasteiger partial charge in [0.1, 0.15) is 21.0 Å². The molecule has 12 heteroatoms. The van der Waals surface area contributed by atoms with Gasteiger partial charge in [-0.2, -0.15) is 8.78 Å². The second-order valence-electron chi connectivity index (χ2n) is 9.61. The number of aromatic nitrogens is 1. The van der Waals surface area contributed by atoms with Gasteiger partial charge < -0.3 is 14.2 Å². The molecule has 2 heterocycles. The lowest BCUT2D eigenvalue weighted by molar-refractivity contribution is -0.904. The number of alkyl halides is 2. The van der Waals surface area contributed by atoms with Gasteiger partial charge in [-0.1, -0.05) is 59.6 Å². The highest BCUT2D eigenvalue weighted by molar-refractivity contribution is 7.12. The van der Waals surface area contributed by atoms with Crippen LogP contribution >= 0.6 is 34.5 Å². The fourth-order valence-corrected chi connectivity index (χ4v) is 5.62. The minimum Gasteiger partial charge on any atom is -0.489 e. The van der Waals surface area contributed by atoms with Crippen molar-refractivity contribution in [2.24, 2.45) is 5.92 Å². The maximum absolute atomic E-state index is 13.6. The Kier molecular flexibility index (Phi) is 9.25. The minimum absolute atomic E-state index is 0.0469. The van der Waals surface area contributed by atoms with Crippen LogP contribution in [0.5, 0.6) is 11.5 Å². The molecule has 2 aromatic carbocycles. The lowest BCUT2D eigenvalue weighted by Gasteiger charge is -2.21. The van der Waals surface area contributed by atoms with E-state index in [1.165, 1.54) is 30.6 Å². The van der Waals surface area contributed by atoms with E-state index in [1.807, 2.05) is 0 Å². The summed E-state index contributed by atoms with van der Waals surface area (Å²) in [7, 11) is 0. The van der Waals surface area contributed by atoms with Gasteiger partial charge in [0.2, 0.25) is 12.4 Å². The molecule has 0 aliphatic heterocycles. The molecule has 1 atom stereocenters. The summed E-state index contributed by atoms with van der Waals surface area (Å²) in [5.41, 5.74) is 1.34. The molecule has 1 N–H and O–H groups in total. The van der Waals surface area contributed by atoms with Crippen LogP contribution in [0.3, 0.4) is 0 Å². The Labute approximate surface area is 253 Å². The predicted octanol–water partition coefficient (Wildman–Crippen LogP) is 7.34. The van der Waals surface area contributed by atoms with Crippen molar-refractivity contribution >= 4 is 46.3 Å². The Morgan fingerprint density at radius 2 is 1.74 bits per heavy atom. The number of hydrogen-bond donors (Lipinski definition) is 1. The summed E-state index contributed by atoms with van der Waals surface area (Å²) in [5.74, 6) is -0.886. The molecule has 42 heavy (non-hydrogen) atoms. The van der Waals surface area contributed by atoms with Gasteiger partial charge in [0, 0.05) is 27.8 Å². The smallest absolute Gasteiger partial charge is 0.387 e. The number of ether oxygens (including phenoxy) is 3. The Morgan fingerprint density at radius 3 is 2.40 bits per heavy atom. The van der Waals surface area contributed by atoms with Crippen molar-refractivity contribution in [1.82, 2.24) is 0 Å². The highest BCUT2D eigenvalue weighted by Gasteiger charge is 2.29. The number of halogens is 4. The molecular formula is C30H24Cl2F2NO6S+. The predicted molar refractivity (Wildman–Crippen MR) is 151 cm³/mol. The van der Waals surface area contributed by atoms with Crippen molar-refractivity contribution in [1.29, 1.82) is 0 Å². The molecule has 2 aromatic heterocycles. The SMILES string of the molecule is O=C(c1ccccc1)c1ccsc1C(=O)OC(Cc1c(Cl)c[n+](O)cc1Cl)c1ccc(OC(F)F)c(OCC2CC2)c1. The highest BCUT2D eigenvalue weighted by atomic mass is 35.5. The average Bonchev–Trinajstić information content (AvgIpc) is 3.66. The molecule has 0 saturated heterocycles. The lowest BCUT2D eigenvalue weighted by atomic mass is 10.0. The number of nitrogens with zero attached hydrogens (tertiary/aromatic N) is 1. The third-order valence-electron chi connectivity index (χ3n) is 6.56. The van der Waals surface area contributed by atoms with Crippen molar-refractivity contribution in [3.05, 3.63) is 110 Å². The van der Waals surface area contributed by atoms with Crippen molar-refractivity contribution in [2.75, 3.05) is 6.61 Å². The molecule has 0 bridgehead atoms. The van der Waals surface area contributed by atoms with Crippen molar-refractivity contribution < 1.29 is 42.5 Å². The molecule has 1 aliphatic carbocycles. The quantitative estimate of drug-likeness (QED) is 0.0759. The highest BCUT2D eigenvalue weighted by Crippen LogP contribution is 2.38. The van der Waals surface area contributed by atoms with Crippen molar-refractivity contribution in [3.8, 4) is 11.5 Å². The number of pyridine rings is 1. The van der Waals surface area contributed by atoms with Crippen LogP contribution in [-0.2, 0) is 11.2 Å². The molecule has 0 amide bonds. The topological polar surface area (TPSA) is 85.9 Å². The van der Waals surface area contributed by atoms with E-state index in [4.69, 9.17) is 32.7 Å². The van der Waals surface area contributed by atoms with Crippen LogP contribution in [0.4, 0.5) is 8.78 Å². The number of thiophene rings is 1.